The third-order valence-electron chi connectivity index (χ3n) is 1.33. The molecule has 0 fully saturated rings. The van der Waals surface area contributed by atoms with E-state index in [1.54, 1.807) is 0 Å². The normalized spacial score (nSPS) is 11.7. The van der Waals surface area contributed by atoms with Crippen molar-refractivity contribution in [2.24, 2.45) is 5.16 Å². The van der Waals surface area contributed by atoms with Gasteiger partial charge in [-0.25, -0.2) is 0 Å². The summed E-state index contributed by atoms with van der Waals surface area (Å²) in [5, 5.41) is 3.73. The predicted octanol–water partition coefficient (Wildman–Crippen LogP) is 1.96. The Bertz CT molecular complexity index is 263. The first-order valence-electron chi connectivity index (χ1n) is 3.38. The lowest BCUT2D eigenvalue weighted by Crippen LogP contribution is -1.91. The molecule has 3 heteroatoms. The van der Waals surface area contributed by atoms with Crippen molar-refractivity contribution in [2.45, 2.75) is 13.8 Å². The molecule has 1 rings (SSSR count). The first-order chi connectivity index (χ1) is 5.24. The minimum atomic E-state index is 0.751. The molecule has 0 aliphatic rings. The maximum atomic E-state index is 5.29. The van der Waals surface area contributed by atoms with Gasteiger partial charge in [-0.05, 0) is 26.0 Å². The zero-order valence-corrected chi connectivity index (χ0v) is 6.92. The SMILES string of the molecule is CON=C(C)c1ccc(C)o1. The minimum absolute atomic E-state index is 0.751. The van der Waals surface area contributed by atoms with Gasteiger partial charge >= 0.3 is 0 Å². The van der Waals surface area contributed by atoms with E-state index in [0.717, 1.165) is 17.2 Å². The van der Waals surface area contributed by atoms with Gasteiger partial charge in [0.25, 0.3) is 0 Å². The van der Waals surface area contributed by atoms with Crippen molar-refractivity contribution >= 4 is 5.71 Å². The molecule has 0 spiro atoms. The van der Waals surface area contributed by atoms with Crippen LogP contribution in [0.15, 0.2) is 21.7 Å². The second kappa shape index (κ2) is 3.23. The highest BCUT2D eigenvalue weighted by molar-refractivity contribution is 5.95. The third kappa shape index (κ3) is 1.83. The zero-order chi connectivity index (χ0) is 8.27. The van der Waals surface area contributed by atoms with Crippen molar-refractivity contribution in [2.75, 3.05) is 7.11 Å². The third-order valence-corrected chi connectivity index (χ3v) is 1.33. The summed E-state index contributed by atoms with van der Waals surface area (Å²) in [7, 11) is 1.51. The Balaban J connectivity index is 2.84. The minimum Gasteiger partial charge on any atom is -0.460 e. The van der Waals surface area contributed by atoms with Crippen LogP contribution in [0.4, 0.5) is 0 Å². The van der Waals surface area contributed by atoms with Crippen molar-refractivity contribution < 1.29 is 9.25 Å². The summed E-state index contributed by atoms with van der Waals surface area (Å²) < 4.78 is 5.29. The first-order valence-corrected chi connectivity index (χ1v) is 3.38. The van der Waals surface area contributed by atoms with Crippen LogP contribution in [0.25, 0.3) is 0 Å². The lowest BCUT2D eigenvalue weighted by molar-refractivity contribution is 0.213. The standard InChI is InChI=1S/C8H11NO2/c1-6-4-5-8(11-6)7(2)9-10-3/h4-5H,1-3H3. The fraction of sp³-hybridized carbons (Fsp3) is 0.375. The van der Waals surface area contributed by atoms with Crippen LogP contribution in [0.1, 0.15) is 18.4 Å². The lowest BCUT2D eigenvalue weighted by Gasteiger charge is -1.92. The van der Waals surface area contributed by atoms with Crippen LogP contribution in [0.5, 0.6) is 0 Å². The Morgan fingerprint density at radius 1 is 1.55 bits per heavy atom. The van der Waals surface area contributed by atoms with Gasteiger partial charge in [-0.2, -0.15) is 0 Å². The molecule has 1 aromatic heterocycles. The van der Waals surface area contributed by atoms with Crippen LogP contribution in [0.2, 0.25) is 0 Å². The molecule has 0 aliphatic carbocycles. The molecule has 0 aliphatic heterocycles. The number of hydrogen-bond acceptors (Lipinski definition) is 3. The number of nitrogens with zero attached hydrogens (tertiary/aromatic N) is 1. The summed E-state index contributed by atoms with van der Waals surface area (Å²) in [6.45, 7) is 3.73. The first kappa shape index (κ1) is 7.85. The number of aryl methyl sites for hydroxylation is 1. The van der Waals surface area contributed by atoms with Crippen LogP contribution in [0, 0.1) is 6.92 Å². The highest BCUT2D eigenvalue weighted by Gasteiger charge is 2.01. The molecule has 0 radical (unpaired) electrons. The van der Waals surface area contributed by atoms with E-state index in [2.05, 4.69) is 9.99 Å². The average molecular weight is 153 g/mol. The second-order valence-electron chi connectivity index (χ2n) is 2.27. The van der Waals surface area contributed by atoms with Gasteiger partial charge in [0.1, 0.15) is 18.6 Å². The Labute approximate surface area is 65.6 Å². The van der Waals surface area contributed by atoms with Crippen LogP contribution in [-0.2, 0) is 4.84 Å². The van der Waals surface area contributed by atoms with Gasteiger partial charge in [-0.1, -0.05) is 5.16 Å². The Hall–Kier alpha value is -1.25. The largest absolute Gasteiger partial charge is 0.460 e. The van der Waals surface area contributed by atoms with Crippen LogP contribution < -0.4 is 0 Å². The summed E-state index contributed by atoms with van der Waals surface area (Å²) in [5.74, 6) is 1.63. The van der Waals surface area contributed by atoms with Crippen LogP contribution in [-0.4, -0.2) is 12.8 Å². The highest BCUT2D eigenvalue weighted by atomic mass is 16.6. The maximum absolute atomic E-state index is 5.29. The van der Waals surface area contributed by atoms with E-state index >= 15 is 0 Å². The van der Waals surface area contributed by atoms with E-state index < -0.39 is 0 Å². The summed E-state index contributed by atoms with van der Waals surface area (Å²) in [6, 6.07) is 3.76. The molecule has 3 nitrogen and oxygen atoms in total. The molecule has 0 bridgehead atoms. The predicted molar refractivity (Wildman–Crippen MR) is 42.7 cm³/mol. The Kier molecular flexibility index (Phi) is 2.31. The maximum Gasteiger partial charge on any atom is 0.151 e. The van der Waals surface area contributed by atoms with E-state index in [0.29, 0.717) is 0 Å². The summed E-state index contributed by atoms with van der Waals surface area (Å²) >= 11 is 0. The highest BCUT2D eigenvalue weighted by Crippen LogP contribution is 2.07. The molecule has 0 N–H and O–H groups in total. The molecular weight excluding hydrogens is 142 g/mol. The van der Waals surface area contributed by atoms with Gasteiger partial charge in [0, 0.05) is 0 Å². The summed E-state index contributed by atoms with van der Waals surface area (Å²) in [5.41, 5.74) is 0.751. The molecule has 0 atom stereocenters. The molecule has 0 saturated carbocycles. The molecule has 0 amide bonds. The van der Waals surface area contributed by atoms with E-state index in [1.165, 1.54) is 7.11 Å². The quantitative estimate of drug-likeness (QED) is 0.480. The fourth-order valence-corrected chi connectivity index (χ4v) is 0.811. The second-order valence-corrected chi connectivity index (χ2v) is 2.27. The molecule has 0 unspecified atom stereocenters. The molecular formula is C8H11NO2. The van der Waals surface area contributed by atoms with Gasteiger partial charge in [-0.15, -0.1) is 0 Å². The van der Waals surface area contributed by atoms with E-state index in [9.17, 15) is 0 Å². The van der Waals surface area contributed by atoms with Crippen molar-refractivity contribution in [3.63, 3.8) is 0 Å². The number of oxime groups is 1. The van der Waals surface area contributed by atoms with Gasteiger partial charge in [0.15, 0.2) is 5.76 Å². The summed E-state index contributed by atoms with van der Waals surface area (Å²) in [4.78, 5) is 4.60. The number of hydrogen-bond donors (Lipinski definition) is 0. The zero-order valence-electron chi connectivity index (χ0n) is 6.92. The molecule has 11 heavy (non-hydrogen) atoms. The van der Waals surface area contributed by atoms with Crippen LogP contribution >= 0.6 is 0 Å². The van der Waals surface area contributed by atoms with Gasteiger partial charge in [0.2, 0.25) is 0 Å². The van der Waals surface area contributed by atoms with Crippen molar-refractivity contribution in [3.8, 4) is 0 Å². The smallest absolute Gasteiger partial charge is 0.151 e. The van der Waals surface area contributed by atoms with E-state index in [4.69, 9.17) is 4.42 Å². The van der Waals surface area contributed by atoms with E-state index in [1.807, 2.05) is 26.0 Å². The molecule has 1 heterocycles. The topological polar surface area (TPSA) is 34.7 Å². The van der Waals surface area contributed by atoms with Gasteiger partial charge in [-0.3, -0.25) is 0 Å². The van der Waals surface area contributed by atoms with Crippen LogP contribution in [0.3, 0.4) is 0 Å². The van der Waals surface area contributed by atoms with Crippen molar-refractivity contribution in [3.05, 3.63) is 23.7 Å². The lowest BCUT2D eigenvalue weighted by atomic mass is 10.3. The van der Waals surface area contributed by atoms with Gasteiger partial charge < -0.3 is 9.25 Å². The number of rotatable bonds is 2. The molecule has 0 aromatic carbocycles. The van der Waals surface area contributed by atoms with Crippen molar-refractivity contribution in [1.82, 2.24) is 0 Å². The fourth-order valence-electron chi connectivity index (χ4n) is 0.811. The molecule has 0 saturated heterocycles. The van der Waals surface area contributed by atoms with Crippen molar-refractivity contribution in [1.29, 1.82) is 0 Å². The average Bonchev–Trinajstić information content (AvgIpc) is 2.36. The number of furan rings is 1. The Morgan fingerprint density at radius 3 is 2.73 bits per heavy atom. The molecule has 1 aromatic rings. The monoisotopic (exact) mass is 153 g/mol. The van der Waals surface area contributed by atoms with E-state index in [-0.39, 0.29) is 0 Å². The summed E-state index contributed by atoms with van der Waals surface area (Å²) in [6.07, 6.45) is 0. The van der Waals surface area contributed by atoms with Gasteiger partial charge in [0.05, 0.1) is 0 Å². The molecule has 60 valence electrons. The Morgan fingerprint density at radius 2 is 2.27 bits per heavy atom.